The van der Waals surface area contributed by atoms with Crippen molar-refractivity contribution in [3.05, 3.63) is 24.0 Å². The summed E-state index contributed by atoms with van der Waals surface area (Å²) >= 11 is 0. The van der Waals surface area contributed by atoms with Gasteiger partial charge in [-0.2, -0.15) is 5.26 Å². The summed E-state index contributed by atoms with van der Waals surface area (Å²) in [6.45, 7) is 0. The number of ether oxygens (including phenoxy) is 1. The van der Waals surface area contributed by atoms with Crippen LogP contribution in [0.2, 0.25) is 0 Å². The fourth-order valence-electron chi connectivity index (χ4n) is 1.94. The predicted molar refractivity (Wildman–Crippen MR) is 59.8 cm³/mol. The van der Waals surface area contributed by atoms with Gasteiger partial charge in [0.25, 0.3) is 0 Å². The van der Waals surface area contributed by atoms with Crippen LogP contribution in [0.15, 0.2) is 18.3 Å². The maximum absolute atomic E-state index is 8.72. The first-order valence-electron chi connectivity index (χ1n) is 5.56. The zero-order valence-electron chi connectivity index (χ0n) is 9.10. The van der Waals surface area contributed by atoms with Gasteiger partial charge in [0.05, 0.1) is 6.10 Å². The standard InChI is InChI=1S/C12H15N3O/c13-8-10-7-12(5-6-15-10)16-11-3-1-9(14)2-4-11/h5-7,9,11H,1-4,14H2. The van der Waals surface area contributed by atoms with Gasteiger partial charge in [-0.15, -0.1) is 0 Å². The van der Waals surface area contributed by atoms with E-state index in [2.05, 4.69) is 4.98 Å². The fraction of sp³-hybridized carbons (Fsp3) is 0.500. The Labute approximate surface area is 95.0 Å². The van der Waals surface area contributed by atoms with E-state index in [-0.39, 0.29) is 6.10 Å². The van der Waals surface area contributed by atoms with E-state index in [9.17, 15) is 0 Å². The Morgan fingerprint density at radius 3 is 2.81 bits per heavy atom. The van der Waals surface area contributed by atoms with Crippen molar-refractivity contribution >= 4 is 0 Å². The molecule has 0 unspecified atom stereocenters. The van der Waals surface area contributed by atoms with Crippen LogP contribution in [0.1, 0.15) is 31.4 Å². The smallest absolute Gasteiger partial charge is 0.144 e. The molecule has 1 saturated carbocycles. The van der Waals surface area contributed by atoms with Crippen molar-refractivity contribution in [3.8, 4) is 11.8 Å². The number of pyridine rings is 1. The minimum Gasteiger partial charge on any atom is -0.490 e. The molecule has 1 aliphatic rings. The number of hydrogen-bond donors (Lipinski definition) is 1. The molecule has 1 aliphatic carbocycles. The van der Waals surface area contributed by atoms with E-state index in [0.717, 1.165) is 31.4 Å². The van der Waals surface area contributed by atoms with Gasteiger partial charge < -0.3 is 10.5 Å². The van der Waals surface area contributed by atoms with Crippen LogP contribution in [0.4, 0.5) is 0 Å². The van der Waals surface area contributed by atoms with Crippen molar-refractivity contribution in [3.63, 3.8) is 0 Å². The molecule has 2 N–H and O–H groups in total. The Bertz CT molecular complexity index is 391. The third kappa shape index (κ3) is 2.71. The van der Waals surface area contributed by atoms with Gasteiger partial charge >= 0.3 is 0 Å². The van der Waals surface area contributed by atoms with E-state index in [1.165, 1.54) is 0 Å². The van der Waals surface area contributed by atoms with Crippen molar-refractivity contribution < 1.29 is 4.74 Å². The average molecular weight is 217 g/mol. The molecular weight excluding hydrogens is 202 g/mol. The highest BCUT2D eigenvalue weighted by molar-refractivity contribution is 5.29. The van der Waals surface area contributed by atoms with E-state index in [4.69, 9.17) is 15.7 Å². The largest absolute Gasteiger partial charge is 0.490 e. The molecule has 4 nitrogen and oxygen atoms in total. The van der Waals surface area contributed by atoms with Crippen LogP contribution < -0.4 is 10.5 Å². The summed E-state index contributed by atoms with van der Waals surface area (Å²) in [5, 5.41) is 8.72. The van der Waals surface area contributed by atoms with Crippen LogP contribution in [-0.2, 0) is 0 Å². The number of nitriles is 1. The maximum atomic E-state index is 8.72. The molecule has 84 valence electrons. The summed E-state index contributed by atoms with van der Waals surface area (Å²) in [6, 6.07) is 5.79. The second-order valence-corrected chi connectivity index (χ2v) is 4.14. The molecule has 0 aromatic carbocycles. The van der Waals surface area contributed by atoms with Gasteiger partial charge in [0, 0.05) is 18.3 Å². The minimum atomic E-state index is 0.230. The molecule has 1 aromatic rings. The lowest BCUT2D eigenvalue weighted by Gasteiger charge is -2.26. The Hall–Kier alpha value is -1.60. The van der Waals surface area contributed by atoms with Gasteiger partial charge in [-0.3, -0.25) is 0 Å². The van der Waals surface area contributed by atoms with Gasteiger partial charge in [0.15, 0.2) is 0 Å². The van der Waals surface area contributed by atoms with Crippen LogP contribution in [-0.4, -0.2) is 17.1 Å². The van der Waals surface area contributed by atoms with Crippen LogP contribution in [0, 0.1) is 11.3 Å². The molecule has 0 bridgehead atoms. The molecule has 16 heavy (non-hydrogen) atoms. The SMILES string of the molecule is N#Cc1cc(OC2CCC(N)CC2)ccn1. The van der Waals surface area contributed by atoms with Crippen LogP contribution >= 0.6 is 0 Å². The highest BCUT2D eigenvalue weighted by atomic mass is 16.5. The maximum Gasteiger partial charge on any atom is 0.144 e. The molecule has 1 fully saturated rings. The minimum absolute atomic E-state index is 0.230. The van der Waals surface area contributed by atoms with E-state index in [1.54, 1.807) is 18.3 Å². The van der Waals surface area contributed by atoms with Gasteiger partial charge in [-0.25, -0.2) is 4.98 Å². The fourth-order valence-corrected chi connectivity index (χ4v) is 1.94. The molecule has 1 aromatic heterocycles. The zero-order valence-corrected chi connectivity index (χ0v) is 9.10. The molecular formula is C12H15N3O. The lowest BCUT2D eigenvalue weighted by atomic mass is 9.94. The summed E-state index contributed by atoms with van der Waals surface area (Å²) in [7, 11) is 0. The lowest BCUT2D eigenvalue weighted by molar-refractivity contribution is 0.147. The third-order valence-corrected chi connectivity index (χ3v) is 2.87. The van der Waals surface area contributed by atoms with Crippen LogP contribution in [0.25, 0.3) is 0 Å². The summed E-state index contributed by atoms with van der Waals surface area (Å²) in [5.41, 5.74) is 6.22. The molecule has 0 saturated heterocycles. The second kappa shape index (κ2) is 4.95. The van der Waals surface area contributed by atoms with E-state index in [1.807, 2.05) is 6.07 Å². The Morgan fingerprint density at radius 2 is 2.12 bits per heavy atom. The van der Waals surface area contributed by atoms with Gasteiger partial charge in [-0.1, -0.05) is 0 Å². The van der Waals surface area contributed by atoms with Crippen molar-refractivity contribution in [2.45, 2.75) is 37.8 Å². The topological polar surface area (TPSA) is 71.9 Å². The first-order valence-corrected chi connectivity index (χ1v) is 5.56. The molecule has 0 atom stereocenters. The Balaban J connectivity index is 1.96. The van der Waals surface area contributed by atoms with Crippen LogP contribution in [0.5, 0.6) is 5.75 Å². The summed E-state index contributed by atoms with van der Waals surface area (Å²) in [5.74, 6) is 0.729. The highest BCUT2D eigenvalue weighted by Gasteiger charge is 2.19. The average Bonchev–Trinajstić information content (AvgIpc) is 2.32. The number of rotatable bonds is 2. The number of nitrogens with zero attached hydrogens (tertiary/aromatic N) is 2. The lowest BCUT2D eigenvalue weighted by Crippen LogP contribution is -2.31. The first-order chi connectivity index (χ1) is 7.78. The first kappa shape index (κ1) is 10.9. The summed E-state index contributed by atoms with van der Waals surface area (Å²) in [6.07, 6.45) is 5.84. The summed E-state index contributed by atoms with van der Waals surface area (Å²) in [4.78, 5) is 3.90. The highest BCUT2D eigenvalue weighted by Crippen LogP contribution is 2.22. The van der Waals surface area contributed by atoms with Gasteiger partial charge in [-0.05, 0) is 31.7 Å². The van der Waals surface area contributed by atoms with Crippen LogP contribution in [0.3, 0.4) is 0 Å². The summed E-state index contributed by atoms with van der Waals surface area (Å²) < 4.78 is 5.80. The van der Waals surface area contributed by atoms with E-state index >= 15 is 0 Å². The monoisotopic (exact) mass is 217 g/mol. The van der Waals surface area contributed by atoms with Crippen molar-refractivity contribution in [1.82, 2.24) is 4.98 Å². The number of aromatic nitrogens is 1. The van der Waals surface area contributed by atoms with Crippen molar-refractivity contribution in [2.24, 2.45) is 5.73 Å². The predicted octanol–water partition coefficient (Wildman–Crippen LogP) is 1.60. The molecule has 2 rings (SSSR count). The van der Waals surface area contributed by atoms with Crippen molar-refractivity contribution in [2.75, 3.05) is 0 Å². The number of hydrogen-bond acceptors (Lipinski definition) is 4. The third-order valence-electron chi connectivity index (χ3n) is 2.87. The quantitative estimate of drug-likeness (QED) is 0.816. The molecule has 0 aliphatic heterocycles. The van der Waals surface area contributed by atoms with Crippen molar-refractivity contribution in [1.29, 1.82) is 5.26 Å². The molecule has 4 heteroatoms. The molecule has 1 heterocycles. The molecule has 0 radical (unpaired) electrons. The van der Waals surface area contributed by atoms with Gasteiger partial charge in [0.1, 0.15) is 17.5 Å². The Morgan fingerprint density at radius 1 is 1.38 bits per heavy atom. The molecule has 0 amide bonds. The zero-order chi connectivity index (χ0) is 11.4. The molecule has 0 spiro atoms. The Kier molecular flexibility index (Phi) is 3.37. The van der Waals surface area contributed by atoms with E-state index < -0.39 is 0 Å². The van der Waals surface area contributed by atoms with Gasteiger partial charge in [0.2, 0.25) is 0 Å². The normalized spacial score (nSPS) is 24.8. The second-order valence-electron chi connectivity index (χ2n) is 4.14. The number of nitrogens with two attached hydrogens (primary N) is 1. The van der Waals surface area contributed by atoms with E-state index in [0.29, 0.717) is 11.7 Å².